The van der Waals surface area contributed by atoms with Crippen molar-refractivity contribution in [3.63, 3.8) is 0 Å². The highest BCUT2D eigenvalue weighted by Crippen LogP contribution is 2.40. The van der Waals surface area contributed by atoms with Crippen molar-refractivity contribution in [3.8, 4) is 0 Å². The lowest BCUT2D eigenvalue weighted by atomic mass is 9.69. The van der Waals surface area contributed by atoms with Crippen LogP contribution in [-0.4, -0.2) is 70.9 Å². The Balaban J connectivity index is 1.17. The third kappa shape index (κ3) is 6.22. The zero-order chi connectivity index (χ0) is 22.4. The number of esters is 2. The van der Waals surface area contributed by atoms with Gasteiger partial charge in [-0.25, -0.2) is 0 Å². The van der Waals surface area contributed by atoms with Gasteiger partial charge in [0.2, 0.25) is 0 Å². The number of carbonyl (C=O) groups is 2. The number of carbonyl (C=O) groups excluding carboxylic acids is 2. The highest BCUT2D eigenvalue weighted by molar-refractivity contribution is 5.76. The first-order valence-electron chi connectivity index (χ1n) is 12.1. The van der Waals surface area contributed by atoms with Crippen LogP contribution in [0.15, 0.2) is 0 Å². The number of fused-ring (bicyclic) bond motifs is 1. The summed E-state index contributed by atoms with van der Waals surface area (Å²) in [6.07, 6.45) is 7.78. The Kier molecular flexibility index (Phi) is 7.38. The van der Waals surface area contributed by atoms with Crippen LogP contribution in [0.1, 0.15) is 58.6 Å². The van der Waals surface area contributed by atoms with E-state index in [9.17, 15) is 9.59 Å². The van der Waals surface area contributed by atoms with Crippen molar-refractivity contribution >= 4 is 11.9 Å². The summed E-state index contributed by atoms with van der Waals surface area (Å²) in [6.45, 7) is 1.88. The lowest BCUT2D eigenvalue weighted by Crippen LogP contribution is -2.50. The minimum Gasteiger partial charge on any atom is -0.464 e. The minimum absolute atomic E-state index is 0.147. The number of tetrazole rings is 1. The van der Waals surface area contributed by atoms with Gasteiger partial charge in [0.05, 0.1) is 14.6 Å². The molecule has 2 saturated heterocycles. The van der Waals surface area contributed by atoms with Gasteiger partial charge in [0.1, 0.15) is 12.1 Å². The molecule has 10 heteroatoms. The molecule has 0 radical (unpaired) electrons. The minimum atomic E-state index is -1.40. The van der Waals surface area contributed by atoms with Crippen molar-refractivity contribution < 1.29 is 20.4 Å². The number of aryl methyl sites for hydroxylation is 1. The largest absolute Gasteiger partial charge is 0.464 e. The molecule has 31 heavy (non-hydrogen) atoms. The van der Waals surface area contributed by atoms with Gasteiger partial charge in [-0.05, 0) is 69.4 Å². The molecule has 0 bridgehead atoms. The zero-order valence-corrected chi connectivity index (χ0v) is 18.0. The summed E-state index contributed by atoms with van der Waals surface area (Å²) >= 11 is 0. The number of H-pyrrole nitrogens is 1. The number of hydrogen-bond donors (Lipinski definition) is 3. The number of nitrogens with one attached hydrogen (secondary N) is 3. The van der Waals surface area contributed by atoms with Gasteiger partial charge in [0.25, 0.3) is 0 Å². The second kappa shape index (κ2) is 11.0. The van der Waals surface area contributed by atoms with E-state index >= 15 is 0 Å². The van der Waals surface area contributed by atoms with E-state index < -0.39 is 12.0 Å². The number of aromatic amines is 1. The fraction of sp³-hybridized carbons (Fsp3) is 0.857. The number of nitrogens with zero attached hydrogens (tertiary/aromatic N) is 3. The number of aromatic nitrogens is 4. The first-order valence-corrected chi connectivity index (χ1v) is 11.6. The van der Waals surface area contributed by atoms with Crippen LogP contribution in [0.5, 0.6) is 0 Å². The molecule has 3 fully saturated rings. The van der Waals surface area contributed by atoms with Crippen molar-refractivity contribution in [2.24, 2.45) is 17.8 Å². The fourth-order valence-electron chi connectivity index (χ4n) is 5.04. The average molecular weight is 436 g/mol. The molecule has 1 saturated carbocycles. The first kappa shape index (κ1) is 20.8. The molecule has 0 unspecified atom stereocenters. The molecule has 1 aliphatic carbocycles. The quantitative estimate of drug-likeness (QED) is 0.380. The molecular formula is C21H34N6O4. The Bertz CT molecular complexity index is 759. The predicted octanol–water partition coefficient (Wildman–Crippen LogP) is 0.755. The van der Waals surface area contributed by atoms with Gasteiger partial charge < -0.3 is 20.1 Å². The van der Waals surface area contributed by atoms with Crippen molar-refractivity contribution in [2.45, 2.75) is 69.8 Å². The summed E-state index contributed by atoms with van der Waals surface area (Å²) in [5.41, 5.74) is 0. The van der Waals surface area contributed by atoms with Crippen LogP contribution < -0.4 is 10.6 Å². The molecule has 0 amide bonds. The lowest BCUT2D eigenvalue weighted by molar-refractivity contribution is -0.149. The Morgan fingerprint density at radius 1 is 1.06 bits per heavy atom. The van der Waals surface area contributed by atoms with E-state index in [1.807, 2.05) is 0 Å². The Labute approximate surface area is 184 Å². The van der Waals surface area contributed by atoms with Gasteiger partial charge in [-0.1, -0.05) is 11.6 Å². The van der Waals surface area contributed by atoms with E-state index in [-0.39, 0.29) is 25.2 Å². The Morgan fingerprint density at radius 2 is 1.94 bits per heavy atom. The van der Waals surface area contributed by atoms with E-state index in [4.69, 9.17) is 10.8 Å². The molecule has 0 aromatic carbocycles. The average Bonchev–Trinajstić information content (AvgIpc) is 3.51. The molecule has 4 rings (SSSR count). The summed E-state index contributed by atoms with van der Waals surface area (Å²) in [5.74, 6) is 1.36. The van der Waals surface area contributed by atoms with Crippen LogP contribution >= 0.6 is 0 Å². The van der Waals surface area contributed by atoms with Gasteiger partial charge in [-0.3, -0.25) is 9.59 Å². The summed E-state index contributed by atoms with van der Waals surface area (Å²) in [7, 11) is 0. The van der Waals surface area contributed by atoms with Gasteiger partial charge >= 0.3 is 11.9 Å². The third-order valence-electron chi connectivity index (χ3n) is 6.82. The fourth-order valence-corrected chi connectivity index (χ4v) is 5.04. The lowest BCUT2D eigenvalue weighted by Gasteiger charge is -2.42. The second-order valence-corrected chi connectivity index (χ2v) is 8.94. The van der Waals surface area contributed by atoms with Crippen LogP contribution in [-0.2, 0) is 25.5 Å². The summed E-state index contributed by atoms with van der Waals surface area (Å²) < 4.78 is 19.3. The molecule has 5 atom stereocenters. The predicted molar refractivity (Wildman–Crippen MR) is 111 cm³/mol. The highest BCUT2D eigenvalue weighted by atomic mass is 16.5. The third-order valence-corrected chi connectivity index (χ3v) is 6.82. The molecule has 3 aliphatic rings. The Morgan fingerprint density at radius 3 is 2.71 bits per heavy atom. The van der Waals surface area contributed by atoms with E-state index in [1.165, 1.54) is 0 Å². The number of piperidine rings is 1. The maximum Gasteiger partial charge on any atom is 0.323 e. The van der Waals surface area contributed by atoms with Crippen molar-refractivity contribution in [2.75, 3.05) is 26.3 Å². The van der Waals surface area contributed by atoms with Crippen LogP contribution in [0.3, 0.4) is 0 Å². The summed E-state index contributed by atoms with van der Waals surface area (Å²) in [4.78, 5) is 24.5. The highest BCUT2D eigenvalue weighted by Gasteiger charge is 2.38. The summed E-state index contributed by atoms with van der Waals surface area (Å²) in [6, 6.07) is -1.61. The van der Waals surface area contributed by atoms with Crippen LogP contribution in [0.2, 0.25) is 0 Å². The standard InChI is InChI=1S/C21H34N6O4/c28-20(17-3-1-8-22-17)30-9-2-10-31-21(29)18-12-16-11-14(4-6-15(16)13-23-18)5-7-19-24-26-27-25-19/h14-18,22-23H,1-13H2,(H,24,25,26,27)/t14-,15+,16-,17-,18+/m1/s1/i18D. The van der Waals surface area contributed by atoms with Crippen molar-refractivity contribution in [1.82, 2.24) is 31.3 Å². The van der Waals surface area contributed by atoms with Crippen molar-refractivity contribution in [1.29, 1.82) is 0 Å². The second-order valence-electron chi connectivity index (χ2n) is 8.94. The van der Waals surface area contributed by atoms with E-state index in [0.717, 1.165) is 57.3 Å². The van der Waals surface area contributed by atoms with Crippen LogP contribution in [0, 0.1) is 17.8 Å². The molecule has 3 heterocycles. The SMILES string of the molecule is [2H][C@@]1(C(=O)OCCCOC(=O)[C@H]2CCCN2)C[C@H]2C[C@@H](CCc3nn[nH]n3)CC[C@H]2CN1. The normalized spacial score (nSPS) is 33.4. The number of rotatable bonds is 9. The number of hydrogen-bond acceptors (Lipinski definition) is 9. The van der Waals surface area contributed by atoms with E-state index in [2.05, 4.69) is 31.3 Å². The molecule has 0 spiro atoms. The van der Waals surface area contributed by atoms with Gasteiger partial charge in [-0.2, -0.15) is 5.21 Å². The van der Waals surface area contributed by atoms with Gasteiger partial charge in [0.15, 0.2) is 5.82 Å². The summed E-state index contributed by atoms with van der Waals surface area (Å²) in [5, 5.41) is 20.4. The molecule has 172 valence electrons. The number of ether oxygens (including phenoxy) is 2. The van der Waals surface area contributed by atoms with Crippen molar-refractivity contribution in [3.05, 3.63) is 5.82 Å². The van der Waals surface area contributed by atoms with Crippen LogP contribution in [0.4, 0.5) is 0 Å². The zero-order valence-electron chi connectivity index (χ0n) is 19.0. The monoisotopic (exact) mass is 435 g/mol. The molecule has 10 nitrogen and oxygen atoms in total. The maximum absolute atomic E-state index is 12.6. The van der Waals surface area contributed by atoms with Gasteiger partial charge in [0, 0.05) is 12.8 Å². The van der Waals surface area contributed by atoms with E-state index in [1.54, 1.807) is 0 Å². The van der Waals surface area contributed by atoms with Gasteiger partial charge in [-0.15, -0.1) is 10.2 Å². The maximum atomic E-state index is 12.6. The molecule has 1 aromatic heterocycles. The van der Waals surface area contributed by atoms with E-state index in [0.29, 0.717) is 37.1 Å². The van der Waals surface area contributed by atoms with Crippen LogP contribution in [0.25, 0.3) is 0 Å². The smallest absolute Gasteiger partial charge is 0.323 e. The molecule has 3 N–H and O–H groups in total. The molecular weight excluding hydrogens is 400 g/mol. The topological polar surface area (TPSA) is 131 Å². The molecule has 1 aromatic rings. The first-order chi connectivity index (χ1) is 15.5. The Hall–Kier alpha value is -2.07. The molecule has 2 aliphatic heterocycles.